The largest absolute Gasteiger partial charge is 0.507 e. The third-order valence-corrected chi connectivity index (χ3v) is 4.06. The summed E-state index contributed by atoms with van der Waals surface area (Å²) in [6.45, 7) is 3.81. The van der Waals surface area contributed by atoms with Gasteiger partial charge in [0.25, 0.3) is 0 Å². The fraction of sp³-hybridized carbons (Fsp3) is 0.200. The quantitative estimate of drug-likeness (QED) is 0.611. The molecule has 2 aromatic carbocycles. The van der Waals surface area contributed by atoms with Gasteiger partial charge in [0.2, 0.25) is 0 Å². The first-order chi connectivity index (χ1) is 12.5. The van der Waals surface area contributed by atoms with E-state index in [-0.39, 0.29) is 5.75 Å². The van der Waals surface area contributed by atoms with Crippen LogP contribution >= 0.6 is 11.6 Å². The lowest BCUT2D eigenvalue weighted by molar-refractivity contribution is 0.208. The van der Waals surface area contributed by atoms with Gasteiger partial charge in [0.1, 0.15) is 11.4 Å². The molecule has 1 heterocycles. The smallest absolute Gasteiger partial charge is 0.156 e. The van der Waals surface area contributed by atoms with Crippen LogP contribution in [0.5, 0.6) is 5.75 Å². The van der Waals surface area contributed by atoms with E-state index in [4.69, 9.17) is 11.6 Å². The molecule has 26 heavy (non-hydrogen) atoms. The number of nitrogens with one attached hydrogen (secondary N) is 1. The maximum atomic E-state index is 10.3. The van der Waals surface area contributed by atoms with Crippen LogP contribution in [0.15, 0.2) is 36.4 Å². The molecule has 1 aromatic heterocycles. The number of rotatable bonds is 4. The molecule has 0 spiro atoms. The molecule has 0 aliphatic carbocycles. The molecule has 6 heteroatoms. The van der Waals surface area contributed by atoms with Crippen molar-refractivity contribution < 1.29 is 10.2 Å². The van der Waals surface area contributed by atoms with E-state index < -0.39 is 6.10 Å². The third-order valence-electron chi connectivity index (χ3n) is 3.83. The lowest BCUT2D eigenvalue weighted by Gasteiger charge is -2.13. The van der Waals surface area contributed by atoms with E-state index in [1.165, 1.54) is 6.07 Å². The minimum absolute atomic E-state index is 0.0372. The average molecular weight is 368 g/mol. The van der Waals surface area contributed by atoms with Crippen LogP contribution in [0.4, 0.5) is 5.82 Å². The number of hydrogen-bond donors (Lipinski definition) is 3. The van der Waals surface area contributed by atoms with E-state index in [0.29, 0.717) is 28.6 Å². The van der Waals surface area contributed by atoms with Gasteiger partial charge in [0.15, 0.2) is 5.82 Å². The Morgan fingerprint density at radius 1 is 1.15 bits per heavy atom. The molecular weight excluding hydrogens is 350 g/mol. The topological polar surface area (TPSA) is 78.3 Å². The van der Waals surface area contributed by atoms with Crippen LogP contribution in [-0.2, 0) is 0 Å². The van der Waals surface area contributed by atoms with E-state index in [9.17, 15) is 10.2 Å². The molecule has 0 bridgehead atoms. The van der Waals surface area contributed by atoms with Crippen LogP contribution < -0.4 is 5.32 Å². The molecule has 3 aromatic rings. The number of anilines is 1. The van der Waals surface area contributed by atoms with Crippen molar-refractivity contribution in [3.05, 3.63) is 47.0 Å². The van der Waals surface area contributed by atoms with Crippen LogP contribution in [0.25, 0.3) is 22.0 Å². The van der Waals surface area contributed by atoms with Gasteiger partial charge >= 0.3 is 0 Å². The second-order valence-electron chi connectivity index (χ2n) is 5.92. The zero-order valence-electron chi connectivity index (χ0n) is 14.4. The predicted octanol–water partition coefficient (Wildman–Crippen LogP) is 3.82. The molecule has 3 rings (SSSR count). The number of aliphatic hydroxyl groups excluding tert-OH is 1. The lowest BCUT2D eigenvalue weighted by Crippen LogP contribution is -2.16. The Labute approximate surface area is 156 Å². The van der Waals surface area contributed by atoms with Gasteiger partial charge in [0, 0.05) is 33.5 Å². The number of nitrogens with zero attached hydrogens (tertiary/aromatic N) is 2. The van der Waals surface area contributed by atoms with Crippen LogP contribution in [0.1, 0.15) is 19.4 Å². The number of aromatic hydroxyl groups is 1. The van der Waals surface area contributed by atoms with Crippen molar-refractivity contribution in [2.24, 2.45) is 0 Å². The normalized spacial score (nSPS) is 11.7. The molecule has 5 nitrogen and oxygen atoms in total. The Balaban J connectivity index is 2.22. The number of aromatic nitrogens is 2. The highest BCUT2D eigenvalue weighted by Gasteiger charge is 2.15. The number of phenolic OH excluding ortho intramolecular Hbond substituents is 1. The van der Waals surface area contributed by atoms with Crippen molar-refractivity contribution in [2.75, 3.05) is 11.9 Å². The number of phenols is 1. The Kier molecular flexibility index (Phi) is 5.27. The highest BCUT2D eigenvalue weighted by molar-refractivity contribution is 6.30. The van der Waals surface area contributed by atoms with Gasteiger partial charge in [-0.2, -0.15) is 0 Å². The molecular formula is C20H18ClN3O2. The second-order valence-corrected chi connectivity index (χ2v) is 6.36. The average Bonchev–Trinajstić information content (AvgIpc) is 2.60. The van der Waals surface area contributed by atoms with Gasteiger partial charge < -0.3 is 15.5 Å². The van der Waals surface area contributed by atoms with E-state index in [2.05, 4.69) is 27.4 Å². The van der Waals surface area contributed by atoms with Gasteiger partial charge in [0.05, 0.1) is 6.10 Å². The van der Waals surface area contributed by atoms with Crippen molar-refractivity contribution >= 4 is 28.2 Å². The van der Waals surface area contributed by atoms with Gasteiger partial charge in [-0.1, -0.05) is 23.6 Å². The molecule has 3 N–H and O–H groups in total. The Morgan fingerprint density at radius 2 is 1.96 bits per heavy atom. The summed E-state index contributed by atoms with van der Waals surface area (Å²) in [4.78, 5) is 0. The standard InChI is InChI=1S/C20H18ClN3O2/c1-3-4-13-5-7-15-17(9-13)20(22-11-12(2)25)24-23-19(15)16-8-6-14(21)10-18(16)26/h5-10,12,25-26H,11H2,1-2H3,(H,22,24)/t12-/m1/s1. The zero-order chi connectivity index (χ0) is 18.7. The Morgan fingerprint density at radius 3 is 2.65 bits per heavy atom. The summed E-state index contributed by atoms with van der Waals surface area (Å²) >= 11 is 5.93. The summed E-state index contributed by atoms with van der Waals surface area (Å²) in [5.74, 6) is 6.50. The molecule has 0 amide bonds. The molecule has 0 saturated heterocycles. The number of aliphatic hydroxyl groups is 1. The minimum Gasteiger partial charge on any atom is -0.507 e. The number of benzene rings is 2. The SMILES string of the molecule is CC#Cc1ccc2c(-c3ccc(Cl)cc3O)nnc(NC[C@@H](C)O)c2c1. The molecule has 0 aliphatic rings. The van der Waals surface area contributed by atoms with E-state index >= 15 is 0 Å². The first-order valence-corrected chi connectivity index (χ1v) is 8.51. The fourth-order valence-corrected chi connectivity index (χ4v) is 2.82. The van der Waals surface area contributed by atoms with E-state index in [1.807, 2.05) is 18.2 Å². The highest BCUT2D eigenvalue weighted by Crippen LogP contribution is 2.36. The Hall–Kier alpha value is -2.81. The van der Waals surface area contributed by atoms with Crippen molar-refractivity contribution in [1.29, 1.82) is 0 Å². The lowest BCUT2D eigenvalue weighted by atomic mass is 10.0. The molecule has 0 unspecified atom stereocenters. The maximum absolute atomic E-state index is 10.3. The predicted molar refractivity (Wildman–Crippen MR) is 104 cm³/mol. The monoisotopic (exact) mass is 367 g/mol. The number of halogens is 1. The van der Waals surface area contributed by atoms with Crippen molar-refractivity contribution in [2.45, 2.75) is 20.0 Å². The summed E-state index contributed by atoms with van der Waals surface area (Å²) in [7, 11) is 0. The number of fused-ring (bicyclic) bond motifs is 1. The molecule has 0 radical (unpaired) electrons. The van der Waals surface area contributed by atoms with Gasteiger partial charge in [-0.15, -0.1) is 16.1 Å². The summed E-state index contributed by atoms with van der Waals surface area (Å²) in [5.41, 5.74) is 1.94. The van der Waals surface area contributed by atoms with Gasteiger partial charge in [-0.05, 0) is 44.2 Å². The first-order valence-electron chi connectivity index (χ1n) is 8.13. The maximum Gasteiger partial charge on any atom is 0.156 e. The third kappa shape index (κ3) is 3.72. The first kappa shape index (κ1) is 18.0. The highest BCUT2D eigenvalue weighted by atomic mass is 35.5. The number of hydrogen-bond acceptors (Lipinski definition) is 5. The Bertz CT molecular complexity index is 1020. The summed E-state index contributed by atoms with van der Waals surface area (Å²) in [6.07, 6.45) is -0.523. The molecule has 132 valence electrons. The summed E-state index contributed by atoms with van der Waals surface area (Å²) < 4.78 is 0. The van der Waals surface area contributed by atoms with Gasteiger partial charge in [-0.25, -0.2) is 0 Å². The molecule has 0 saturated carbocycles. The molecule has 1 atom stereocenters. The van der Waals surface area contributed by atoms with Crippen molar-refractivity contribution in [1.82, 2.24) is 10.2 Å². The molecule has 0 fully saturated rings. The van der Waals surface area contributed by atoms with E-state index in [0.717, 1.165) is 16.3 Å². The fourth-order valence-electron chi connectivity index (χ4n) is 2.66. The summed E-state index contributed by atoms with van der Waals surface area (Å²) in [5, 5.41) is 33.5. The minimum atomic E-state index is -0.523. The van der Waals surface area contributed by atoms with Crippen LogP contribution in [-0.4, -0.2) is 33.1 Å². The van der Waals surface area contributed by atoms with E-state index in [1.54, 1.807) is 26.0 Å². The zero-order valence-corrected chi connectivity index (χ0v) is 15.2. The van der Waals surface area contributed by atoms with Gasteiger partial charge in [-0.3, -0.25) is 0 Å². The molecule has 0 aliphatic heterocycles. The van der Waals surface area contributed by atoms with Crippen molar-refractivity contribution in [3.63, 3.8) is 0 Å². The van der Waals surface area contributed by atoms with Crippen LogP contribution in [0, 0.1) is 11.8 Å². The van der Waals surface area contributed by atoms with Crippen molar-refractivity contribution in [3.8, 4) is 28.8 Å². The second kappa shape index (κ2) is 7.61. The van der Waals surface area contributed by atoms with Crippen LogP contribution in [0.2, 0.25) is 5.02 Å². The van der Waals surface area contributed by atoms with Crippen LogP contribution in [0.3, 0.4) is 0 Å². The summed E-state index contributed by atoms with van der Waals surface area (Å²) in [6, 6.07) is 10.6.